The van der Waals surface area contributed by atoms with E-state index in [1.165, 1.54) is 11.3 Å². The molecule has 1 aromatic rings. The van der Waals surface area contributed by atoms with Gasteiger partial charge in [-0.1, -0.05) is 26.7 Å². The van der Waals surface area contributed by atoms with Crippen molar-refractivity contribution < 1.29 is 4.79 Å². The lowest BCUT2D eigenvalue weighted by molar-refractivity contribution is 0.0928. The molecule has 0 saturated heterocycles. The van der Waals surface area contributed by atoms with Crippen LogP contribution in [0, 0.1) is 5.92 Å². The molecule has 1 amide bonds. The lowest BCUT2D eigenvalue weighted by Crippen LogP contribution is -2.37. The van der Waals surface area contributed by atoms with Gasteiger partial charge in [0.25, 0.3) is 5.91 Å². The number of nitrogens with one attached hydrogen (secondary N) is 1. The van der Waals surface area contributed by atoms with Gasteiger partial charge in [0.05, 0.1) is 0 Å². The Kier molecular flexibility index (Phi) is 5.49. The molecule has 0 fully saturated rings. The Morgan fingerprint density at radius 2 is 2.12 bits per heavy atom. The van der Waals surface area contributed by atoms with Gasteiger partial charge in [-0.2, -0.15) is 0 Å². The van der Waals surface area contributed by atoms with E-state index in [1.54, 1.807) is 0 Å². The smallest absolute Gasteiger partial charge is 0.262 e. The summed E-state index contributed by atoms with van der Waals surface area (Å²) >= 11 is 4.85. The standard InChI is InChI=1S/C12H18BrNOS/c1-4-9(5-2)8(3)14-12(15)11-10(13)6-7-16-11/h6-9H,4-5H2,1-3H3,(H,14,15). The first kappa shape index (κ1) is 13.7. The predicted octanol–water partition coefficient (Wildman–Crippen LogP) is 4.07. The minimum Gasteiger partial charge on any atom is -0.349 e. The van der Waals surface area contributed by atoms with Crippen LogP contribution in [-0.4, -0.2) is 11.9 Å². The summed E-state index contributed by atoms with van der Waals surface area (Å²) in [5.74, 6) is 0.587. The highest BCUT2D eigenvalue weighted by molar-refractivity contribution is 9.10. The third-order valence-electron chi connectivity index (χ3n) is 2.94. The van der Waals surface area contributed by atoms with Gasteiger partial charge in [0.1, 0.15) is 4.88 Å². The molecule has 2 nitrogen and oxygen atoms in total. The largest absolute Gasteiger partial charge is 0.349 e. The van der Waals surface area contributed by atoms with Gasteiger partial charge in [-0.3, -0.25) is 4.79 Å². The molecular weight excluding hydrogens is 286 g/mol. The fraction of sp³-hybridized carbons (Fsp3) is 0.583. The Balaban J connectivity index is 2.61. The van der Waals surface area contributed by atoms with Gasteiger partial charge in [0, 0.05) is 10.5 Å². The number of carbonyl (C=O) groups excluding carboxylic acids is 1. The minimum atomic E-state index is 0.0290. The molecule has 16 heavy (non-hydrogen) atoms. The van der Waals surface area contributed by atoms with E-state index < -0.39 is 0 Å². The van der Waals surface area contributed by atoms with Crippen LogP contribution in [0.2, 0.25) is 0 Å². The summed E-state index contributed by atoms with van der Waals surface area (Å²) in [6, 6.07) is 2.14. The van der Waals surface area contributed by atoms with Crippen LogP contribution in [0.1, 0.15) is 43.3 Å². The highest BCUT2D eigenvalue weighted by Gasteiger charge is 2.18. The Morgan fingerprint density at radius 1 is 1.50 bits per heavy atom. The van der Waals surface area contributed by atoms with Crippen molar-refractivity contribution in [3.05, 3.63) is 20.8 Å². The molecule has 90 valence electrons. The molecule has 0 bridgehead atoms. The SMILES string of the molecule is CCC(CC)C(C)NC(=O)c1sccc1Br. The molecular formula is C12H18BrNOS. The fourth-order valence-corrected chi connectivity index (χ4v) is 3.30. The zero-order chi connectivity index (χ0) is 12.1. The summed E-state index contributed by atoms with van der Waals surface area (Å²) in [5.41, 5.74) is 0. The quantitative estimate of drug-likeness (QED) is 0.873. The Labute approximate surface area is 110 Å². The number of hydrogen-bond acceptors (Lipinski definition) is 2. The van der Waals surface area contributed by atoms with Crippen LogP contribution in [-0.2, 0) is 0 Å². The van der Waals surface area contributed by atoms with E-state index in [1.807, 2.05) is 11.4 Å². The van der Waals surface area contributed by atoms with E-state index in [2.05, 4.69) is 42.0 Å². The van der Waals surface area contributed by atoms with Crippen LogP contribution in [0.5, 0.6) is 0 Å². The van der Waals surface area contributed by atoms with Gasteiger partial charge in [-0.25, -0.2) is 0 Å². The van der Waals surface area contributed by atoms with Crippen molar-refractivity contribution in [1.29, 1.82) is 0 Å². The van der Waals surface area contributed by atoms with Gasteiger partial charge >= 0.3 is 0 Å². The Hall–Kier alpha value is -0.350. The van der Waals surface area contributed by atoms with Crippen molar-refractivity contribution >= 4 is 33.2 Å². The summed E-state index contributed by atoms with van der Waals surface area (Å²) in [4.78, 5) is 12.7. The van der Waals surface area contributed by atoms with Crippen molar-refractivity contribution in [2.24, 2.45) is 5.92 Å². The number of thiophene rings is 1. The number of carbonyl (C=O) groups is 1. The molecule has 0 saturated carbocycles. The molecule has 1 N–H and O–H groups in total. The molecule has 0 radical (unpaired) electrons. The first-order chi connectivity index (χ1) is 7.60. The van der Waals surface area contributed by atoms with E-state index in [9.17, 15) is 4.79 Å². The maximum atomic E-state index is 11.9. The van der Waals surface area contributed by atoms with E-state index in [0.717, 1.165) is 22.2 Å². The van der Waals surface area contributed by atoms with Crippen LogP contribution in [0.3, 0.4) is 0 Å². The number of amides is 1. The topological polar surface area (TPSA) is 29.1 Å². The number of rotatable bonds is 5. The molecule has 0 aliphatic heterocycles. The average molecular weight is 304 g/mol. The van der Waals surface area contributed by atoms with Crippen LogP contribution < -0.4 is 5.32 Å². The zero-order valence-electron chi connectivity index (χ0n) is 9.92. The number of halogens is 1. The zero-order valence-corrected chi connectivity index (χ0v) is 12.3. The Bertz CT molecular complexity index is 347. The molecule has 0 spiro atoms. The fourth-order valence-electron chi connectivity index (χ4n) is 1.84. The summed E-state index contributed by atoms with van der Waals surface area (Å²) in [6.45, 7) is 6.41. The molecule has 1 rings (SSSR count). The van der Waals surface area contributed by atoms with Crippen LogP contribution in [0.4, 0.5) is 0 Å². The molecule has 0 aromatic carbocycles. The van der Waals surface area contributed by atoms with E-state index in [0.29, 0.717) is 5.92 Å². The van der Waals surface area contributed by atoms with Gasteiger partial charge in [0.15, 0.2) is 0 Å². The summed E-state index contributed by atoms with van der Waals surface area (Å²) in [6.07, 6.45) is 2.20. The molecule has 0 aliphatic rings. The first-order valence-electron chi connectivity index (χ1n) is 5.64. The van der Waals surface area contributed by atoms with E-state index >= 15 is 0 Å². The van der Waals surface area contributed by atoms with Crippen LogP contribution >= 0.6 is 27.3 Å². The van der Waals surface area contributed by atoms with Crippen molar-refractivity contribution in [3.8, 4) is 0 Å². The summed E-state index contributed by atoms with van der Waals surface area (Å²) in [5, 5.41) is 4.98. The third-order valence-corrected chi connectivity index (χ3v) is 4.77. The van der Waals surface area contributed by atoms with Crippen LogP contribution in [0.25, 0.3) is 0 Å². The maximum Gasteiger partial charge on any atom is 0.262 e. The van der Waals surface area contributed by atoms with Crippen molar-refractivity contribution in [2.75, 3.05) is 0 Å². The minimum absolute atomic E-state index is 0.0290. The Morgan fingerprint density at radius 3 is 2.56 bits per heavy atom. The normalized spacial score (nSPS) is 12.8. The van der Waals surface area contributed by atoms with Gasteiger partial charge in [-0.15, -0.1) is 11.3 Å². The molecule has 1 heterocycles. The van der Waals surface area contributed by atoms with Crippen molar-refractivity contribution in [3.63, 3.8) is 0 Å². The second-order valence-electron chi connectivity index (χ2n) is 3.94. The molecule has 1 atom stereocenters. The van der Waals surface area contributed by atoms with Crippen molar-refractivity contribution in [2.45, 2.75) is 39.7 Å². The monoisotopic (exact) mass is 303 g/mol. The van der Waals surface area contributed by atoms with Crippen molar-refractivity contribution in [1.82, 2.24) is 5.32 Å². The van der Waals surface area contributed by atoms with Gasteiger partial charge in [-0.05, 0) is 40.2 Å². The van der Waals surface area contributed by atoms with E-state index in [-0.39, 0.29) is 11.9 Å². The number of hydrogen-bond donors (Lipinski definition) is 1. The highest BCUT2D eigenvalue weighted by atomic mass is 79.9. The molecule has 4 heteroatoms. The lowest BCUT2D eigenvalue weighted by Gasteiger charge is -2.22. The van der Waals surface area contributed by atoms with Crippen LogP contribution in [0.15, 0.2) is 15.9 Å². The van der Waals surface area contributed by atoms with E-state index in [4.69, 9.17) is 0 Å². The molecule has 1 aromatic heterocycles. The maximum absolute atomic E-state index is 11.9. The molecule has 1 unspecified atom stereocenters. The summed E-state index contributed by atoms with van der Waals surface area (Å²) < 4.78 is 0.881. The van der Waals surface area contributed by atoms with Gasteiger partial charge < -0.3 is 5.32 Å². The second kappa shape index (κ2) is 6.40. The molecule has 0 aliphatic carbocycles. The summed E-state index contributed by atoms with van der Waals surface area (Å²) in [7, 11) is 0. The first-order valence-corrected chi connectivity index (χ1v) is 7.31. The lowest BCUT2D eigenvalue weighted by atomic mass is 9.95. The highest BCUT2D eigenvalue weighted by Crippen LogP contribution is 2.23. The predicted molar refractivity (Wildman–Crippen MR) is 73.0 cm³/mol. The third kappa shape index (κ3) is 3.32. The van der Waals surface area contributed by atoms with Gasteiger partial charge in [0.2, 0.25) is 0 Å². The second-order valence-corrected chi connectivity index (χ2v) is 5.71. The average Bonchev–Trinajstić information content (AvgIpc) is 2.66.